The molecule has 1 aromatic carbocycles. The summed E-state index contributed by atoms with van der Waals surface area (Å²) in [5, 5.41) is 3.69. The SMILES string of the molecule is O=C(COc1cc(Cl)ccc1Cl)NCCCN1CCCCCC1=O. The fraction of sp³-hybridized carbons (Fsp3) is 0.529. The number of likely N-dealkylation sites (tertiary alicyclic amines) is 1. The maximum absolute atomic E-state index is 11.9. The molecule has 1 aliphatic rings. The third kappa shape index (κ3) is 6.21. The zero-order chi connectivity index (χ0) is 17.4. The molecule has 5 nitrogen and oxygen atoms in total. The Morgan fingerprint density at radius 2 is 2.08 bits per heavy atom. The first-order valence-electron chi connectivity index (χ1n) is 8.18. The fourth-order valence-corrected chi connectivity index (χ4v) is 2.89. The minimum absolute atomic E-state index is 0.122. The molecule has 0 aromatic heterocycles. The zero-order valence-electron chi connectivity index (χ0n) is 13.5. The normalized spacial score (nSPS) is 15.1. The van der Waals surface area contributed by atoms with Gasteiger partial charge in [-0.2, -0.15) is 0 Å². The van der Waals surface area contributed by atoms with E-state index in [9.17, 15) is 9.59 Å². The Hall–Kier alpha value is -1.46. The van der Waals surface area contributed by atoms with Gasteiger partial charge in [-0.15, -0.1) is 0 Å². The summed E-state index contributed by atoms with van der Waals surface area (Å²) in [7, 11) is 0. The Labute approximate surface area is 152 Å². The predicted molar refractivity (Wildman–Crippen MR) is 94.6 cm³/mol. The molecular weight excluding hydrogens is 351 g/mol. The number of halogens is 2. The van der Waals surface area contributed by atoms with Crippen molar-refractivity contribution in [2.24, 2.45) is 0 Å². The maximum Gasteiger partial charge on any atom is 0.257 e. The van der Waals surface area contributed by atoms with E-state index in [1.165, 1.54) is 0 Å². The average Bonchev–Trinajstić information content (AvgIpc) is 2.77. The number of amides is 2. The predicted octanol–water partition coefficient (Wildman–Crippen LogP) is 3.28. The summed E-state index contributed by atoms with van der Waals surface area (Å²) >= 11 is 11.8. The highest BCUT2D eigenvalue weighted by Gasteiger charge is 2.15. The summed E-state index contributed by atoms with van der Waals surface area (Å²) in [5.41, 5.74) is 0. The summed E-state index contributed by atoms with van der Waals surface area (Å²) in [4.78, 5) is 25.5. The van der Waals surface area contributed by atoms with Gasteiger partial charge < -0.3 is 15.0 Å². The molecule has 1 fully saturated rings. The quantitative estimate of drug-likeness (QED) is 0.747. The summed E-state index contributed by atoms with van der Waals surface area (Å²) in [6, 6.07) is 4.85. The molecule has 0 radical (unpaired) electrons. The van der Waals surface area contributed by atoms with Crippen LogP contribution in [-0.4, -0.2) is 43.0 Å². The van der Waals surface area contributed by atoms with E-state index >= 15 is 0 Å². The van der Waals surface area contributed by atoms with Crippen LogP contribution < -0.4 is 10.1 Å². The third-order valence-corrected chi connectivity index (χ3v) is 4.40. The van der Waals surface area contributed by atoms with E-state index in [1.54, 1.807) is 18.2 Å². The van der Waals surface area contributed by atoms with Crippen LogP contribution in [0.1, 0.15) is 32.1 Å². The van der Waals surface area contributed by atoms with Crippen LogP contribution in [0.3, 0.4) is 0 Å². The van der Waals surface area contributed by atoms with Crippen LogP contribution in [0.25, 0.3) is 0 Å². The zero-order valence-corrected chi connectivity index (χ0v) is 15.0. The molecule has 24 heavy (non-hydrogen) atoms. The van der Waals surface area contributed by atoms with Gasteiger partial charge >= 0.3 is 0 Å². The maximum atomic E-state index is 11.9. The Balaban J connectivity index is 1.64. The van der Waals surface area contributed by atoms with E-state index in [4.69, 9.17) is 27.9 Å². The highest BCUT2D eigenvalue weighted by atomic mass is 35.5. The summed E-state index contributed by atoms with van der Waals surface area (Å²) in [6.07, 6.45) is 4.53. The highest BCUT2D eigenvalue weighted by molar-refractivity contribution is 6.34. The third-order valence-electron chi connectivity index (χ3n) is 3.85. The second-order valence-electron chi connectivity index (χ2n) is 5.76. The number of hydrogen-bond acceptors (Lipinski definition) is 3. The molecule has 0 spiro atoms. The van der Waals surface area contributed by atoms with Gasteiger partial charge in [0.05, 0.1) is 5.02 Å². The van der Waals surface area contributed by atoms with Gasteiger partial charge in [-0.3, -0.25) is 9.59 Å². The van der Waals surface area contributed by atoms with Crippen molar-refractivity contribution >= 4 is 35.0 Å². The Morgan fingerprint density at radius 1 is 1.25 bits per heavy atom. The van der Waals surface area contributed by atoms with Crippen LogP contribution >= 0.6 is 23.2 Å². The van der Waals surface area contributed by atoms with Gasteiger partial charge in [0, 0.05) is 37.1 Å². The number of carbonyl (C=O) groups is 2. The summed E-state index contributed by atoms with van der Waals surface area (Å²) in [5.74, 6) is 0.375. The minimum atomic E-state index is -0.228. The number of rotatable bonds is 7. The van der Waals surface area contributed by atoms with Crippen molar-refractivity contribution in [2.45, 2.75) is 32.1 Å². The van der Waals surface area contributed by atoms with E-state index in [2.05, 4.69) is 5.32 Å². The molecule has 1 N–H and O–H groups in total. The molecule has 1 saturated heterocycles. The first kappa shape index (κ1) is 18.9. The highest BCUT2D eigenvalue weighted by Crippen LogP contribution is 2.27. The van der Waals surface area contributed by atoms with Crippen molar-refractivity contribution in [1.29, 1.82) is 0 Å². The van der Waals surface area contributed by atoms with E-state index in [0.717, 1.165) is 32.2 Å². The topological polar surface area (TPSA) is 58.6 Å². The van der Waals surface area contributed by atoms with Crippen molar-refractivity contribution in [1.82, 2.24) is 10.2 Å². The molecule has 0 unspecified atom stereocenters. The molecule has 7 heteroatoms. The molecule has 2 amide bonds. The monoisotopic (exact) mass is 372 g/mol. The molecule has 0 aliphatic carbocycles. The molecule has 1 heterocycles. The van der Waals surface area contributed by atoms with Crippen molar-refractivity contribution in [2.75, 3.05) is 26.2 Å². The second kappa shape index (κ2) is 9.74. The van der Waals surface area contributed by atoms with E-state index in [0.29, 0.717) is 35.3 Å². The van der Waals surface area contributed by atoms with Crippen molar-refractivity contribution in [3.8, 4) is 5.75 Å². The smallest absolute Gasteiger partial charge is 0.257 e. The average molecular weight is 373 g/mol. The van der Waals surface area contributed by atoms with Crippen LogP contribution in [0.2, 0.25) is 10.0 Å². The van der Waals surface area contributed by atoms with Crippen LogP contribution in [0, 0.1) is 0 Å². The van der Waals surface area contributed by atoms with Gasteiger partial charge in [0.15, 0.2) is 6.61 Å². The number of carbonyl (C=O) groups excluding carboxylic acids is 2. The minimum Gasteiger partial charge on any atom is -0.482 e. The fourth-order valence-electron chi connectivity index (χ4n) is 2.55. The summed E-state index contributed by atoms with van der Waals surface area (Å²) < 4.78 is 5.37. The van der Waals surface area contributed by atoms with E-state index < -0.39 is 0 Å². The van der Waals surface area contributed by atoms with Gasteiger partial charge in [0.2, 0.25) is 5.91 Å². The molecule has 1 aromatic rings. The lowest BCUT2D eigenvalue weighted by Gasteiger charge is -2.20. The summed E-state index contributed by atoms with van der Waals surface area (Å²) in [6.45, 7) is 1.89. The standard InChI is InChI=1S/C17H22Cl2N2O3/c18-13-6-7-14(19)15(11-13)24-12-16(22)20-8-4-10-21-9-3-1-2-5-17(21)23/h6-7,11H,1-5,8-10,12H2,(H,20,22). The van der Waals surface area contributed by atoms with Gasteiger partial charge in [0.1, 0.15) is 5.75 Å². The molecule has 0 atom stereocenters. The molecular formula is C17H22Cl2N2O3. The van der Waals surface area contributed by atoms with Crippen molar-refractivity contribution in [3.05, 3.63) is 28.2 Å². The number of nitrogens with one attached hydrogen (secondary N) is 1. The Morgan fingerprint density at radius 3 is 2.92 bits per heavy atom. The Bertz CT molecular complexity index is 581. The van der Waals surface area contributed by atoms with Gasteiger partial charge in [0.25, 0.3) is 5.91 Å². The lowest BCUT2D eigenvalue weighted by atomic mass is 10.2. The van der Waals surface area contributed by atoms with Crippen molar-refractivity contribution < 1.29 is 14.3 Å². The van der Waals surface area contributed by atoms with Crippen LogP contribution in [0.4, 0.5) is 0 Å². The lowest BCUT2D eigenvalue weighted by Crippen LogP contribution is -2.35. The number of hydrogen-bond donors (Lipinski definition) is 1. The lowest BCUT2D eigenvalue weighted by molar-refractivity contribution is -0.130. The van der Waals surface area contributed by atoms with Gasteiger partial charge in [-0.05, 0) is 31.4 Å². The number of ether oxygens (including phenoxy) is 1. The first-order chi connectivity index (χ1) is 11.6. The van der Waals surface area contributed by atoms with Crippen LogP contribution in [0.5, 0.6) is 5.75 Å². The number of nitrogens with zero attached hydrogens (tertiary/aromatic N) is 1. The molecule has 0 bridgehead atoms. The van der Waals surface area contributed by atoms with E-state index in [1.807, 2.05) is 4.90 Å². The van der Waals surface area contributed by atoms with E-state index in [-0.39, 0.29) is 18.4 Å². The second-order valence-corrected chi connectivity index (χ2v) is 6.60. The van der Waals surface area contributed by atoms with Gasteiger partial charge in [-0.1, -0.05) is 29.6 Å². The largest absolute Gasteiger partial charge is 0.482 e. The molecule has 2 rings (SSSR count). The molecule has 0 saturated carbocycles. The Kier molecular flexibility index (Phi) is 7.66. The van der Waals surface area contributed by atoms with Crippen molar-refractivity contribution in [3.63, 3.8) is 0 Å². The first-order valence-corrected chi connectivity index (χ1v) is 8.94. The molecule has 132 valence electrons. The number of benzene rings is 1. The van der Waals surface area contributed by atoms with Crippen LogP contribution in [0.15, 0.2) is 18.2 Å². The van der Waals surface area contributed by atoms with Crippen LogP contribution in [-0.2, 0) is 9.59 Å². The molecule has 1 aliphatic heterocycles. The van der Waals surface area contributed by atoms with Gasteiger partial charge in [-0.25, -0.2) is 0 Å².